The molecule has 0 aromatic heterocycles. The number of benzene rings is 1. The molecule has 114 valence electrons. The lowest BCUT2D eigenvalue weighted by Gasteiger charge is -2.11. The summed E-state index contributed by atoms with van der Waals surface area (Å²) in [5, 5.41) is 6.58. The Balaban J connectivity index is 0.00000361. The number of hydrogen-bond acceptors (Lipinski definition) is 2. The molecule has 0 unspecified atom stereocenters. The Morgan fingerprint density at radius 1 is 1.25 bits per heavy atom. The molecule has 2 N–H and O–H groups in total. The lowest BCUT2D eigenvalue weighted by molar-refractivity contribution is 0.414. The molecular formula is C15H26IN3O. The first-order valence-corrected chi connectivity index (χ1v) is 6.95. The highest BCUT2D eigenvalue weighted by Crippen LogP contribution is 2.12. The molecular weight excluding hydrogens is 365 g/mol. The van der Waals surface area contributed by atoms with Crippen LogP contribution in [0.25, 0.3) is 0 Å². The second-order valence-corrected chi connectivity index (χ2v) is 4.29. The van der Waals surface area contributed by atoms with Crippen molar-refractivity contribution in [2.24, 2.45) is 4.99 Å². The summed E-state index contributed by atoms with van der Waals surface area (Å²) in [7, 11) is 1.69. The van der Waals surface area contributed by atoms with E-state index in [1.54, 1.807) is 7.11 Å². The zero-order valence-corrected chi connectivity index (χ0v) is 14.9. The van der Waals surface area contributed by atoms with Gasteiger partial charge in [0.2, 0.25) is 0 Å². The van der Waals surface area contributed by atoms with E-state index in [-0.39, 0.29) is 24.0 Å². The van der Waals surface area contributed by atoms with Gasteiger partial charge in [-0.05, 0) is 37.5 Å². The number of aliphatic imine (C=N–C) groups is 1. The van der Waals surface area contributed by atoms with E-state index in [2.05, 4.69) is 41.6 Å². The lowest BCUT2D eigenvalue weighted by Crippen LogP contribution is -2.38. The summed E-state index contributed by atoms with van der Waals surface area (Å²) in [5.41, 5.74) is 1.26. The highest BCUT2D eigenvalue weighted by molar-refractivity contribution is 14.0. The van der Waals surface area contributed by atoms with Crippen molar-refractivity contribution in [2.45, 2.75) is 26.7 Å². The standard InChI is InChI=1S/C15H25N3O.HI/c1-4-10-17-15(16-5-2)18-11-9-13-7-6-8-14(12-13)19-3;/h6-8,12H,4-5,9-11H2,1-3H3,(H2,16,17,18);1H. The number of nitrogens with zero attached hydrogens (tertiary/aromatic N) is 1. The predicted molar refractivity (Wildman–Crippen MR) is 96.4 cm³/mol. The molecule has 4 nitrogen and oxygen atoms in total. The molecule has 0 fully saturated rings. The van der Waals surface area contributed by atoms with Crippen LogP contribution in [0, 0.1) is 0 Å². The van der Waals surface area contributed by atoms with Crippen molar-refractivity contribution in [1.82, 2.24) is 10.6 Å². The highest BCUT2D eigenvalue weighted by Gasteiger charge is 1.98. The summed E-state index contributed by atoms with van der Waals surface area (Å²) in [6.07, 6.45) is 2.01. The Kier molecular flexibility index (Phi) is 11.2. The van der Waals surface area contributed by atoms with Crippen LogP contribution in [0.2, 0.25) is 0 Å². The molecule has 0 bridgehead atoms. The van der Waals surface area contributed by atoms with Gasteiger partial charge < -0.3 is 15.4 Å². The van der Waals surface area contributed by atoms with E-state index in [9.17, 15) is 0 Å². The third kappa shape index (κ3) is 7.57. The van der Waals surface area contributed by atoms with Crippen molar-refractivity contribution >= 4 is 29.9 Å². The molecule has 0 radical (unpaired) electrons. The lowest BCUT2D eigenvalue weighted by atomic mass is 10.1. The van der Waals surface area contributed by atoms with E-state index in [0.717, 1.165) is 44.2 Å². The molecule has 0 aliphatic rings. The SMILES string of the molecule is CCCN=C(NCC)NCCc1cccc(OC)c1.I. The van der Waals surface area contributed by atoms with Crippen LogP contribution < -0.4 is 15.4 Å². The van der Waals surface area contributed by atoms with Crippen molar-refractivity contribution in [3.8, 4) is 5.75 Å². The van der Waals surface area contributed by atoms with E-state index in [4.69, 9.17) is 4.74 Å². The minimum absolute atomic E-state index is 0. The molecule has 5 heteroatoms. The summed E-state index contributed by atoms with van der Waals surface area (Å²) in [6, 6.07) is 8.16. The molecule has 0 saturated heterocycles. The molecule has 20 heavy (non-hydrogen) atoms. The molecule has 0 atom stereocenters. The summed E-state index contributed by atoms with van der Waals surface area (Å²) in [6.45, 7) is 6.81. The number of nitrogens with one attached hydrogen (secondary N) is 2. The molecule has 0 saturated carbocycles. The predicted octanol–water partition coefficient (Wildman–Crippen LogP) is 2.82. The Bertz CT molecular complexity index is 396. The maximum Gasteiger partial charge on any atom is 0.191 e. The van der Waals surface area contributed by atoms with Crippen molar-refractivity contribution in [2.75, 3.05) is 26.7 Å². The van der Waals surface area contributed by atoms with Crippen LogP contribution in [0.15, 0.2) is 29.3 Å². The van der Waals surface area contributed by atoms with Crippen LogP contribution in [0.1, 0.15) is 25.8 Å². The molecule has 0 aliphatic heterocycles. The van der Waals surface area contributed by atoms with Gasteiger partial charge in [-0.1, -0.05) is 19.1 Å². The zero-order chi connectivity index (χ0) is 13.9. The second kappa shape index (κ2) is 11.8. The number of ether oxygens (including phenoxy) is 1. The molecule has 0 spiro atoms. The highest BCUT2D eigenvalue weighted by atomic mass is 127. The number of rotatable bonds is 7. The first-order chi connectivity index (χ1) is 9.30. The minimum Gasteiger partial charge on any atom is -0.497 e. The number of halogens is 1. The van der Waals surface area contributed by atoms with E-state index >= 15 is 0 Å². The van der Waals surface area contributed by atoms with Crippen LogP contribution in [-0.2, 0) is 6.42 Å². The fourth-order valence-electron chi connectivity index (χ4n) is 1.72. The van der Waals surface area contributed by atoms with Gasteiger partial charge in [0, 0.05) is 19.6 Å². The average molecular weight is 391 g/mol. The largest absolute Gasteiger partial charge is 0.497 e. The van der Waals surface area contributed by atoms with E-state index in [1.165, 1.54) is 5.56 Å². The first kappa shape index (κ1) is 19.0. The molecule has 1 rings (SSSR count). The van der Waals surface area contributed by atoms with Gasteiger partial charge in [0.05, 0.1) is 7.11 Å². The Hall–Kier alpha value is -0.980. The van der Waals surface area contributed by atoms with Gasteiger partial charge in [-0.25, -0.2) is 0 Å². The van der Waals surface area contributed by atoms with Gasteiger partial charge in [-0.2, -0.15) is 0 Å². The quantitative estimate of drug-likeness (QED) is 0.427. The summed E-state index contributed by atoms with van der Waals surface area (Å²) >= 11 is 0. The molecule has 1 aromatic carbocycles. The molecule has 0 heterocycles. The van der Waals surface area contributed by atoms with Gasteiger partial charge in [0.1, 0.15) is 5.75 Å². The maximum absolute atomic E-state index is 5.22. The third-order valence-electron chi connectivity index (χ3n) is 2.68. The summed E-state index contributed by atoms with van der Waals surface area (Å²) in [5.74, 6) is 1.80. The molecule has 1 aromatic rings. The second-order valence-electron chi connectivity index (χ2n) is 4.29. The van der Waals surface area contributed by atoms with Gasteiger partial charge in [-0.3, -0.25) is 4.99 Å². The van der Waals surface area contributed by atoms with Gasteiger partial charge >= 0.3 is 0 Å². The molecule has 0 aliphatic carbocycles. The van der Waals surface area contributed by atoms with Crippen LogP contribution in [0.4, 0.5) is 0 Å². The first-order valence-electron chi connectivity index (χ1n) is 6.95. The topological polar surface area (TPSA) is 45.7 Å². The van der Waals surface area contributed by atoms with Crippen molar-refractivity contribution in [3.63, 3.8) is 0 Å². The van der Waals surface area contributed by atoms with E-state index in [1.807, 2.05) is 12.1 Å². The Morgan fingerprint density at radius 2 is 2.05 bits per heavy atom. The van der Waals surface area contributed by atoms with Crippen LogP contribution in [-0.4, -0.2) is 32.7 Å². The Morgan fingerprint density at radius 3 is 2.70 bits per heavy atom. The monoisotopic (exact) mass is 391 g/mol. The van der Waals surface area contributed by atoms with Crippen LogP contribution >= 0.6 is 24.0 Å². The van der Waals surface area contributed by atoms with Gasteiger partial charge in [0.25, 0.3) is 0 Å². The smallest absolute Gasteiger partial charge is 0.191 e. The van der Waals surface area contributed by atoms with Gasteiger partial charge in [-0.15, -0.1) is 24.0 Å². The zero-order valence-electron chi connectivity index (χ0n) is 12.6. The normalized spacial score (nSPS) is 10.7. The maximum atomic E-state index is 5.22. The Labute approximate surface area is 139 Å². The number of methoxy groups -OCH3 is 1. The third-order valence-corrected chi connectivity index (χ3v) is 2.68. The van der Waals surface area contributed by atoms with Crippen molar-refractivity contribution in [1.29, 1.82) is 0 Å². The van der Waals surface area contributed by atoms with Crippen LogP contribution in [0.5, 0.6) is 5.75 Å². The van der Waals surface area contributed by atoms with Gasteiger partial charge in [0.15, 0.2) is 5.96 Å². The molecule has 0 amide bonds. The van der Waals surface area contributed by atoms with Crippen molar-refractivity contribution < 1.29 is 4.74 Å². The summed E-state index contributed by atoms with van der Waals surface area (Å²) in [4.78, 5) is 4.47. The van der Waals surface area contributed by atoms with E-state index < -0.39 is 0 Å². The summed E-state index contributed by atoms with van der Waals surface area (Å²) < 4.78 is 5.22. The number of guanidine groups is 1. The van der Waals surface area contributed by atoms with Crippen molar-refractivity contribution in [3.05, 3.63) is 29.8 Å². The van der Waals surface area contributed by atoms with Crippen LogP contribution in [0.3, 0.4) is 0 Å². The fourth-order valence-corrected chi connectivity index (χ4v) is 1.72. The minimum atomic E-state index is 0. The average Bonchev–Trinajstić information content (AvgIpc) is 2.45. The number of hydrogen-bond donors (Lipinski definition) is 2. The van der Waals surface area contributed by atoms with E-state index in [0.29, 0.717) is 0 Å². The fraction of sp³-hybridized carbons (Fsp3) is 0.533.